The van der Waals surface area contributed by atoms with Gasteiger partial charge in [-0.25, -0.2) is 0 Å². The quantitative estimate of drug-likeness (QED) is 0.822. The smallest absolute Gasteiger partial charge is 0.228 e. The average Bonchev–Trinajstić information content (AvgIpc) is 2.85. The van der Waals surface area contributed by atoms with Crippen LogP contribution in [0.2, 0.25) is 0 Å². The second kappa shape index (κ2) is 6.83. The fourth-order valence-corrected chi connectivity index (χ4v) is 2.86. The predicted molar refractivity (Wildman–Crippen MR) is 75.2 cm³/mol. The highest BCUT2D eigenvalue weighted by atomic mass is 16.5. The molecule has 0 aromatic carbocycles. The van der Waals surface area contributed by atoms with Gasteiger partial charge in [-0.15, -0.1) is 0 Å². The molecule has 0 spiro atoms. The Bertz CT molecular complexity index is 438. The van der Waals surface area contributed by atoms with E-state index in [1.165, 1.54) is 19.3 Å². The summed E-state index contributed by atoms with van der Waals surface area (Å²) in [5.74, 6) is 1.30. The lowest BCUT2D eigenvalue weighted by Crippen LogP contribution is -2.48. The monoisotopic (exact) mass is 280 g/mol. The molecule has 2 rings (SSSR count). The van der Waals surface area contributed by atoms with Crippen LogP contribution in [0.15, 0.2) is 4.52 Å². The second-order valence-electron chi connectivity index (χ2n) is 5.60. The summed E-state index contributed by atoms with van der Waals surface area (Å²) in [6, 6.07) is 0. The van der Waals surface area contributed by atoms with Crippen molar-refractivity contribution in [1.82, 2.24) is 20.8 Å². The number of aromatic nitrogens is 2. The summed E-state index contributed by atoms with van der Waals surface area (Å²) in [5.41, 5.74) is -0.0105. The van der Waals surface area contributed by atoms with Crippen LogP contribution >= 0.6 is 0 Å². The Labute approximate surface area is 119 Å². The first-order valence-corrected chi connectivity index (χ1v) is 7.38. The van der Waals surface area contributed by atoms with Crippen molar-refractivity contribution in [3.63, 3.8) is 0 Å². The number of hydrogen-bond acceptors (Lipinski definition) is 5. The fraction of sp³-hybridized carbons (Fsp3) is 0.786. The van der Waals surface area contributed by atoms with E-state index in [1.807, 2.05) is 7.05 Å². The van der Waals surface area contributed by atoms with Crippen LogP contribution in [0.25, 0.3) is 0 Å². The van der Waals surface area contributed by atoms with Crippen LogP contribution in [0.3, 0.4) is 0 Å². The first kappa shape index (κ1) is 15.0. The highest BCUT2D eigenvalue weighted by Gasteiger charge is 2.32. The molecule has 1 saturated carbocycles. The molecule has 1 aliphatic rings. The number of carbonyl (C=O) groups excluding carboxylic acids is 1. The van der Waals surface area contributed by atoms with Crippen molar-refractivity contribution in [1.29, 1.82) is 0 Å². The molecule has 1 aliphatic carbocycles. The van der Waals surface area contributed by atoms with Gasteiger partial charge in [0, 0.05) is 24.9 Å². The first-order valence-electron chi connectivity index (χ1n) is 7.38. The minimum Gasteiger partial charge on any atom is -0.356 e. The van der Waals surface area contributed by atoms with E-state index >= 15 is 0 Å². The number of amides is 1. The van der Waals surface area contributed by atoms with Gasteiger partial charge in [-0.2, -0.15) is 4.98 Å². The summed E-state index contributed by atoms with van der Waals surface area (Å²) in [5, 5.41) is 10.0. The van der Waals surface area contributed by atoms with Crippen molar-refractivity contribution < 1.29 is 9.32 Å². The van der Waals surface area contributed by atoms with Crippen LogP contribution in [0, 0.1) is 6.92 Å². The van der Waals surface area contributed by atoms with Crippen LogP contribution in [-0.4, -0.2) is 35.2 Å². The molecule has 112 valence electrons. The summed E-state index contributed by atoms with van der Waals surface area (Å²) in [4.78, 5) is 16.2. The van der Waals surface area contributed by atoms with E-state index in [4.69, 9.17) is 4.52 Å². The maximum atomic E-state index is 12.1. The largest absolute Gasteiger partial charge is 0.356 e. The van der Waals surface area contributed by atoms with Crippen LogP contribution in [0.5, 0.6) is 0 Å². The van der Waals surface area contributed by atoms with Crippen LogP contribution in [0.1, 0.15) is 50.2 Å². The Balaban J connectivity index is 1.74. The molecular formula is C14H24N4O2. The Morgan fingerprint density at radius 1 is 1.35 bits per heavy atom. The van der Waals surface area contributed by atoms with E-state index in [0.717, 1.165) is 12.8 Å². The Hall–Kier alpha value is -1.43. The van der Waals surface area contributed by atoms with E-state index < -0.39 is 0 Å². The van der Waals surface area contributed by atoms with Crippen LogP contribution in [-0.2, 0) is 11.2 Å². The van der Waals surface area contributed by atoms with Gasteiger partial charge in [-0.1, -0.05) is 24.4 Å². The molecule has 0 bridgehead atoms. The highest BCUT2D eigenvalue weighted by Crippen LogP contribution is 2.30. The molecule has 0 atom stereocenters. The summed E-state index contributed by atoms with van der Waals surface area (Å²) in [6.45, 7) is 2.32. The number of aryl methyl sites for hydroxylation is 1. The minimum absolute atomic E-state index is 0.0105. The van der Waals surface area contributed by atoms with E-state index in [1.54, 1.807) is 6.92 Å². The lowest BCUT2D eigenvalue weighted by atomic mass is 9.79. The van der Waals surface area contributed by atoms with Gasteiger partial charge in [0.15, 0.2) is 5.82 Å². The lowest BCUT2D eigenvalue weighted by Gasteiger charge is -2.36. The molecule has 0 aliphatic heterocycles. The zero-order chi connectivity index (χ0) is 14.4. The molecule has 0 radical (unpaired) electrons. The molecule has 1 heterocycles. The van der Waals surface area contributed by atoms with E-state index in [2.05, 4.69) is 20.8 Å². The average molecular weight is 280 g/mol. The number of rotatable bonds is 6. The summed E-state index contributed by atoms with van der Waals surface area (Å²) < 4.78 is 5.01. The lowest BCUT2D eigenvalue weighted by molar-refractivity contribution is -0.122. The second-order valence-corrected chi connectivity index (χ2v) is 5.60. The maximum absolute atomic E-state index is 12.1. The van der Waals surface area contributed by atoms with Gasteiger partial charge >= 0.3 is 0 Å². The fourth-order valence-electron chi connectivity index (χ4n) is 2.86. The third-order valence-corrected chi connectivity index (χ3v) is 4.07. The zero-order valence-corrected chi connectivity index (χ0v) is 12.4. The zero-order valence-electron chi connectivity index (χ0n) is 12.4. The number of nitrogens with one attached hydrogen (secondary N) is 2. The molecule has 1 aromatic rings. The summed E-state index contributed by atoms with van der Waals surface area (Å²) >= 11 is 0. The van der Waals surface area contributed by atoms with Crippen LogP contribution in [0.4, 0.5) is 0 Å². The topological polar surface area (TPSA) is 80.0 Å². The number of hydrogen-bond donors (Lipinski definition) is 2. The van der Waals surface area contributed by atoms with E-state index in [9.17, 15) is 4.79 Å². The molecule has 6 heteroatoms. The van der Waals surface area contributed by atoms with Gasteiger partial charge < -0.3 is 15.2 Å². The summed E-state index contributed by atoms with van der Waals surface area (Å²) in [7, 11) is 1.96. The third-order valence-electron chi connectivity index (χ3n) is 4.07. The van der Waals surface area contributed by atoms with Crippen molar-refractivity contribution in [2.24, 2.45) is 0 Å². The van der Waals surface area contributed by atoms with Crippen molar-refractivity contribution in [3.8, 4) is 0 Å². The van der Waals surface area contributed by atoms with Gasteiger partial charge in [0.05, 0.1) is 0 Å². The van der Waals surface area contributed by atoms with Gasteiger partial charge in [0.25, 0.3) is 0 Å². The molecule has 6 nitrogen and oxygen atoms in total. The molecular weight excluding hydrogens is 256 g/mol. The van der Waals surface area contributed by atoms with Crippen molar-refractivity contribution in [2.45, 2.75) is 57.4 Å². The van der Waals surface area contributed by atoms with Gasteiger partial charge in [0.1, 0.15) is 0 Å². The van der Waals surface area contributed by atoms with Gasteiger partial charge in [0.2, 0.25) is 11.8 Å². The Morgan fingerprint density at radius 2 is 2.10 bits per heavy atom. The van der Waals surface area contributed by atoms with E-state index in [-0.39, 0.29) is 11.4 Å². The minimum atomic E-state index is -0.0105. The number of carbonyl (C=O) groups is 1. The van der Waals surface area contributed by atoms with Gasteiger partial charge in [-0.3, -0.25) is 4.79 Å². The van der Waals surface area contributed by atoms with Crippen molar-refractivity contribution >= 4 is 5.91 Å². The maximum Gasteiger partial charge on any atom is 0.228 e. The standard InChI is InChI=1S/C14H24N4O2/c1-11-17-13(20-18-11)6-9-16-12(19)10-14(15-2)7-4-3-5-8-14/h15H,3-10H2,1-2H3,(H,16,19). The van der Waals surface area contributed by atoms with E-state index in [0.29, 0.717) is 31.1 Å². The van der Waals surface area contributed by atoms with Crippen LogP contribution < -0.4 is 10.6 Å². The molecule has 1 amide bonds. The molecule has 2 N–H and O–H groups in total. The Kier molecular flexibility index (Phi) is 5.11. The first-order chi connectivity index (χ1) is 9.63. The van der Waals surface area contributed by atoms with Crippen molar-refractivity contribution in [3.05, 3.63) is 11.7 Å². The molecule has 0 unspecified atom stereocenters. The predicted octanol–water partition coefficient (Wildman–Crippen LogP) is 1.35. The molecule has 1 aromatic heterocycles. The Morgan fingerprint density at radius 3 is 2.70 bits per heavy atom. The summed E-state index contributed by atoms with van der Waals surface area (Å²) in [6.07, 6.45) is 6.98. The third kappa shape index (κ3) is 4.03. The van der Waals surface area contributed by atoms with Gasteiger partial charge in [-0.05, 0) is 26.8 Å². The molecule has 0 saturated heterocycles. The molecule has 20 heavy (non-hydrogen) atoms. The normalized spacial score (nSPS) is 17.9. The van der Waals surface area contributed by atoms with Crippen molar-refractivity contribution in [2.75, 3.05) is 13.6 Å². The highest BCUT2D eigenvalue weighted by molar-refractivity contribution is 5.77. The SMILES string of the molecule is CNC1(CC(=O)NCCc2nc(C)no2)CCCCC1. The molecule has 1 fully saturated rings. The number of nitrogens with zero attached hydrogens (tertiary/aromatic N) is 2.